The van der Waals surface area contributed by atoms with Gasteiger partial charge in [0.2, 0.25) is 5.91 Å². The van der Waals surface area contributed by atoms with E-state index in [0.717, 1.165) is 17.4 Å². The van der Waals surface area contributed by atoms with Gasteiger partial charge in [-0.25, -0.2) is 0 Å². The van der Waals surface area contributed by atoms with Gasteiger partial charge in [-0.15, -0.1) is 0 Å². The van der Waals surface area contributed by atoms with Gasteiger partial charge in [0.05, 0.1) is 6.54 Å². The molecule has 0 aliphatic heterocycles. The molecule has 0 bridgehead atoms. The van der Waals surface area contributed by atoms with Gasteiger partial charge in [0.15, 0.2) is 5.96 Å². The highest BCUT2D eigenvalue weighted by atomic mass is 16.5. The number of hydrogen-bond donors (Lipinski definition) is 3. The van der Waals surface area contributed by atoms with E-state index < -0.39 is 0 Å². The average molecular weight is 332 g/mol. The molecule has 1 aliphatic rings. The molecule has 6 heteroatoms. The number of guanidine groups is 1. The first-order valence-electron chi connectivity index (χ1n) is 8.65. The van der Waals surface area contributed by atoms with E-state index in [1.807, 2.05) is 24.3 Å². The molecule has 0 saturated heterocycles. The molecule has 0 radical (unpaired) electrons. The maximum absolute atomic E-state index is 11.1. The predicted octanol–water partition coefficient (Wildman–Crippen LogP) is 2.52. The van der Waals surface area contributed by atoms with E-state index >= 15 is 0 Å². The van der Waals surface area contributed by atoms with Gasteiger partial charge < -0.3 is 20.7 Å². The van der Waals surface area contributed by atoms with Crippen LogP contribution in [0.25, 0.3) is 0 Å². The summed E-state index contributed by atoms with van der Waals surface area (Å²) in [6, 6.07) is 7.91. The van der Waals surface area contributed by atoms with Crippen LogP contribution in [0.4, 0.5) is 5.69 Å². The van der Waals surface area contributed by atoms with Crippen molar-refractivity contribution in [1.29, 1.82) is 0 Å². The van der Waals surface area contributed by atoms with E-state index in [9.17, 15) is 4.79 Å². The second-order valence-electron chi connectivity index (χ2n) is 6.04. The molecular weight excluding hydrogens is 304 g/mol. The van der Waals surface area contributed by atoms with Crippen molar-refractivity contribution in [1.82, 2.24) is 10.6 Å². The van der Waals surface area contributed by atoms with E-state index in [-0.39, 0.29) is 5.91 Å². The van der Waals surface area contributed by atoms with Crippen molar-refractivity contribution < 1.29 is 9.53 Å². The molecule has 1 aliphatic carbocycles. The molecule has 1 aromatic carbocycles. The number of nitrogens with one attached hydrogen (secondary N) is 3. The quantitative estimate of drug-likeness (QED) is 0.425. The van der Waals surface area contributed by atoms with Crippen molar-refractivity contribution in [3.05, 3.63) is 24.3 Å². The monoisotopic (exact) mass is 332 g/mol. The molecule has 1 saturated carbocycles. The summed E-state index contributed by atoms with van der Waals surface area (Å²) in [5.41, 5.74) is 0.739. The summed E-state index contributed by atoms with van der Waals surface area (Å²) in [6.07, 6.45) is 6.36. The van der Waals surface area contributed by atoms with Crippen molar-refractivity contribution in [2.24, 2.45) is 4.99 Å². The zero-order chi connectivity index (χ0) is 17.2. The molecule has 0 spiro atoms. The molecule has 0 aromatic heterocycles. The summed E-state index contributed by atoms with van der Waals surface area (Å²) in [5, 5.41) is 9.49. The van der Waals surface area contributed by atoms with Crippen LogP contribution in [0.2, 0.25) is 0 Å². The summed E-state index contributed by atoms with van der Waals surface area (Å²) in [7, 11) is 1.79. The van der Waals surface area contributed by atoms with E-state index in [0.29, 0.717) is 19.2 Å². The van der Waals surface area contributed by atoms with E-state index in [2.05, 4.69) is 20.9 Å². The van der Waals surface area contributed by atoms with Gasteiger partial charge >= 0.3 is 0 Å². The van der Waals surface area contributed by atoms with Gasteiger partial charge in [0.25, 0.3) is 0 Å². The lowest BCUT2D eigenvalue weighted by Crippen LogP contribution is -2.45. The first-order chi connectivity index (χ1) is 11.7. The zero-order valence-corrected chi connectivity index (χ0v) is 14.6. The smallest absolute Gasteiger partial charge is 0.221 e. The molecule has 1 fully saturated rings. The van der Waals surface area contributed by atoms with Gasteiger partial charge in [-0.1, -0.05) is 25.3 Å². The number of amides is 1. The Morgan fingerprint density at radius 2 is 2.08 bits per heavy atom. The van der Waals surface area contributed by atoms with Crippen molar-refractivity contribution in [2.75, 3.05) is 25.5 Å². The largest absolute Gasteiger partial charge is 0.492 e. The Kier molecular flexibility index (Phi) is 7.39. The van der Waals surface area contributed by atoms with Gasteiger partial charge in [-0.3, -0.25) is 9.79 Å². The molecule has 2 rings (SSSR count). The third kappa shape index (κ3) is 6.48. The highest BCUT2D eigenvalue weighted by Gasteiger charge is 2.14. The maximum Gasteiger partial charge on any atom is 0.221 e. The fraction of sp³-hybridized carbons (Fsp3) is 0.556. The third-order valence-electron chi connectivity index (χ3n) is 3.99. The van der Waals surface area contributed by atoms with Crippen LogP contribution < -0.4 is 20.7 Å². The summed E-state index contributed by atoms with van der Waals surface area (Å²) < 4.78 is 5.72. The fourth-order valence-electron chi connectivity index (χ4n) is 2.84. The van der Waals surface area contributed by atoms with Crippen LogP contribution in [0.1, 0.15) is 39.0 Å². The number of hydrogen-bond acceptors (Lipinski definition) is 3. The lowest BCUT2D eigenvalue weighted by Gasteiger charge is -2.24. The molecule has 3 N–H and O–H groups in total. The number of carbonyl (C=O) groups is 1. The third-order valence-corrected chi connectivity index (χ3v) is 3.99. The minimum atomic E-state index is -0.0913. The first-order valence-corrected chi connectivity index (χ1v) is 8.65. The van der Waals surface area contributed by atoms with Crippen LogP contribution in [0.15, 0.2) is 29.3 Å². The molecule has 132 valence electrons. The second-order valence-corrected chi connectivity index (χ2v) is 6.04. The maximum atomic E-state index is 11.1. The topological polar surface area (TPSA) is 74.8 Å². The van der Waals surface area contributed by atoms with Crippen molar-refractivity contribution in [3.8, 4) is 5.75 Å². The normalized spacial score (nSPS) is 15.7. The number of aliphatic imine (C=N–C) groups is 1. The summed E-state index contributed by atoms with van der Waals surface area (Å²) in [4.78, 5) is 15.3. The fourth-order valence-corrected chi connectivity index (χ4v) is 2.84. The Labute approximate surface area is 144 Å². The Morgan fingerprint density at radius 3 is 2.79 bits per heavy atom. The highest BCUT2D eigenvalue weighted by molar-refractivity contribution is 5.88. The number of ether oxygens (including phenoxy) is 1. The predicted molar refractivity (Wildman–Crippen MR) is 97.6 cm³/mol. The van der Waals surface area contributed by atoms with Gasteiger partial charge in [-0.2, -0.15) is 0 Å². The van der Waals surface area contributed by atoms with Crippen molar-refractivity contribution in [2.45, 2.75) is 45.1 Å². The Hall–Kier alpha value is -2.24. The number of benzene rings is 1. The number of nitrogens with zero attached hydrogens (tertiary/aromatic N) is 1. The molecule has 0 unspecified atom stereocenters. The lowest BCUT2D eigenvalue weighted by atomic mass is 9.96. The summed E-state index contributed by atoms with van der Waals surface area (Å²) >= 11 is 0. The molecule has 0 atom stereocenters. The molecule has 1 aromatic rings. The molecule has 6 nitrogen and oxygen atoms in total. The highest BCUT2D eigenvalue weighted by Crippen LogP contribution is 2.18. The average Bonchev–Trinajstić information content (AvgIpc) is 2.58. The van der Waals surface area contributed by atoms with E-state index in [1.165, 1.54) is 39.0 Å². The van der Waals surface area contributed by atoms with Crippen LogP contribution in [0, 0.1) is 0 Å². The SMILES string of the molecule is CN=C(NCCOc1cccc(NC(C)=O)c1)NC1CCCCC1. The minimum Gasteiger partial charge on any atom is -0.492 e. The van der Waals surface area contributed by atoms with Crippen LogP contribution in [-0.2, 0) is 4.79 Å². The molecule has 24 heavy (non-hydrogen) atoms. The Bertz CT molecular complexity index is 554. The number of anilines is 1. The number of rotatable bonds is 6. The molecular formula is C18H28N4O2. The Balaban J connectivity index is 1.70. The van der Waals surface area contributed by atoms with Gasteiger partial charge in [0, 0.05) is 31.8 Å². The standard InChI is InChI=1S/C18H28N4O2/c1-14(23)21-16-9-6-10-17(13-16)24-12-11-20-18(19-2)22-15-7-4-3-5-8-15/h6,9-10,13,15H,3-5,7-8,11-12H2,1-2H3,(H,21,23)(H2,19,20,22). The molecule has 0 heterocycles. The summed E-state index contributed by atoms with van der Waals surface area (Å²) in [6.45, 7) is 2.67. The van der Waals surface area contributed by atoms with E-state index in [4.69, 9.17) is 4.74 Å². The van der Waals surface area contributed by atoms with Crippen LogP contribution in [-0.4, -0.2) is 38.1 Å². The van der Waals surface area contributed by atoms with Crippen LogP contribution >= 0.6 is 0 Å². The first kappa shape index (κ1) is 18.1. The zero-order valence-electron chi connectivity index (χ0n) is 14.6. The van der Waals surface area contributed by atoms with Crippen LogP contribution in [0.3, 0.4) is 0 Å². The minimum absolute atomic E-state index is 0.0913. The van der Waals surface area contributed by atoms with Crippen LogP contribution in [0.5, 0.6) is 5.75 Å². The van der Waals surface area contributed by atoms with Gasteiger partial charge in [-0.05, 0) is 25.0 Å². The molecule has 1 amide bonds. The Morgan fingerprint density at radius 1 is 1.29 bits per heavy atom. The van der Waals surface area contributed by atoms with E-state index in [1.54, 1.807) is 7.05 Å². The second kappa shape index (κ2) is 9.80. The number of carbonyl (C=O) groups excluding carboxylic acids is 1. The van der Waals surface area contributed by atoms with Gasteiger partial charge in [0.1, 0.15) is 12.4 Å². The van der Waals surface area contributed by atoms with Crippen molar-refractivity contribution >= 4 is 17.6 Å². The van der Waals surface area contributed by atoms with Crippen molar-refractivity contribution in [3.63, 3.8) is 0 Å². The summed E-state index contributed by atoms with van der Waals surface area (Å²) in [5.74, 6) is 1.47. The lowest BCUT2D eigenvalue weighted by molar-refractivity contribution is -0.114.